The van der Waals surface area contributed by atoms with Crippen LogP contribution in [0.3, 0.4) is 0 Å². The van der Waals surface area contributed by atoms with Crippen LogP contribution in [0.4, 0.5) is 18.9 Å². The minimum absolute atomic E-state index is 0.0230. The summed E-state index contributed by atoms with van der Waals surface area (Å²) in [5.41, 5.74) is 3.21. The average molecular weight is 483 g/mol. The van der Waals surface area contributed by atoms with Gasteiger partial charge in [0.25, 0.3) is 5.91 Å². The van der Waals surface area contributed by atoms with Crippen molar-refractivity contribution in [3.05, 3.63) is 87.8 Å². The number of carbonyl (C=O) groups is 2. The highest BCUT2D eigenvalue weighted by Crippen LogP contribution is 2.46. The fourth-order valence-corrected chi connectivity index (χ4v) is 4.99. The number of nitrogens with one attached hydrogen (secondary N) is 2. The maximum absolute atomic E-state index is 13.5. The summed E-state index contributed by atoms with van der Waals surface area (Å²) in [6, 6.07) is 12.4. The van der Waals surface area contributed by atoms with Gasteiger partial charge in [0.05, 0.1) is 5.56 Å². The first kappa shape index (κ1) is 24.8. The largest absolute Gasteiger partial charge is 0.416 e. The van der Waals surface area contributed by atoms with Crippen LogP contribution in [0, 0.1) is 5.41 Å². The third kappa shape index (κ3) is 5.04. The Hall–Kier alpha value is -3.35. The maximum atomic E-state index is 13.5. The Balaban J connectivity index is 1.77. The molecule has 2 N–H and O–H groups in total. The smallest absolute Gasteiger partial charge is 0.362 e. The first-order valence-corrected chi connectivity index (χ1v) is 11.7. The number of dihydropyridines is 1. The zero-order valence-corrected chi connectivity index (χ0v) is 20.3. The van der Waals surface area contributed by atoms with Crippen LogP contribution < -0.4 is 10.6 Å². The van der Waals surface area contributed by atoms with Crippen LogP contribution in [0.15, 0.2) is 71.1 Å². The van der Waals surface area contributed by atoms with E-state index in [9.17, 15) is 22.8 Å². The number of carbonyl (C=O) groups excluding carboxylic acids is 2. The number of aryl methyl sites for hydroxylation is 1. The molecular weight excluding hydrogens is 453 g/mol. The van der Waals surface area contributed by atoms with Crippen LogP contribution in [0.2, 0.25) is 0 Å². The molecule has 1 aliphatic heterocycles. The molecule has 35 heavy (non-hydrogen) atoms. The Morgan fingerprint density at radius 2 is 1.80 bits per heavy atom. The van der Waals surface area contributed by atoms with Gasteiger partial charge >= 0.3 is 6.18 Å². The Morgan fingerprint density at radius 1 is 1.11 bits per heavy atom. The van der Waals surface area contributed by atoms with E-state index < -0.39 is 23.6 Å². The summed E-state index contributed by atoms with van der Waals surface area (Å²) in [5, 5.41) is 5.91. The molecule has 1 heterocycles. The van der Waals surface area contributed by atoms with E-state index in [0.717, 1.165) is 35.4 Å². The average Bonchev–Trinajstić information content (AvgIpc) is 2.77. The topological polar surface area (TPSA) is 58.2 Å². The zero-order chi connectivity index (χ0) is 25.5. The number of benzene rings is 2. The molecule has 0 saturated carbocycles. The van der Waals surface area contributed by atoms with Crippen molar-refractivity contribution in [2.45, 2.75) is 59.1 Å². The third-order valence-corrected chi connectivity index (χ3v) is 6.65. The quantitative estimate of drug-likeness (QED) is 0.522. The van der Waals surface area contributed by atoms with Gasteiger partial charge in [-0.2, -0.15) is 13.2 Å². The highest BCUT2D eigenvalue weighted by molar-refractivity contribution is 6.10. The number of hydrogen-bond acceptors (Lipinski definition) is 3. The molecule has 0 radical (unpaired) electrons. The minimum Gasteiger partial charge on any atom is -0.362 e. The van der Waals surface area contributed by atoms with Crippen LogP contribution in [0.1, 0.15) is 63.1 Å². The Labute approximate surface area is 203 Å². The zero-order valence-electron chi connectivity index (χ0n) is 20.3. The number of halogens is 3. The van der Waals surface area contributed by atoms with Crippen molar-refractivity contribution in [2.75, 3.05) is 5.32 Å². The fraction of sp³-hybridized carbons (Fsp3) is 0.357. The second-order valence-corrected chi connectivity index (χ2v) is 10.1. The monoisotopic (exact) mass is 482 g/mol. The molecule has 2 aliphatic rings. The number of anilines is 1. The first-order valence-electron chi connectivity index (χ1n) is 11.7. The van der Waals surface area contributed by atoms with Gasteiger partial charge < -0.3 is 10.6 Å². The summed E-state index contributed by atoms with van der Waals surface area (Å²) in [6.45, 7) is 7.89. The normalized spacial score (nSPS) is 19.9. The molecule has 0 fully saturated rings. The van der Waals surface area contributed by atoms with Gasteiger partial charge in [-0.05, 0) is 54.5 Å². The van der Waals surface area contributed by atoms with E-state index >= 15 is 0 Å². The lowest BCUT2D eigenvalue weighted by Crippen LogP contribution is -2.39. The van der Waals surface area contributed by atoms with Gasteiger partial charge in [0.2, 0.25) is 0 Å². The minimum atomic E-state index is -4.52. The van der Waals surface area contributed by atoms with Gasteiger partial charge in [0, 0.05) is 40.6 Å². The number of allylic oxidation sites excluding steroid dienone is 3. The first-order chi connectivity index (χ1) is 16.4. The van der Waals surface area contributed by atoms with Crippen molar-refractivity contribution in [1.82, 2.24) is 5.32 Å². The fourth-order valence-electron chi connectivity index (χ4n) is 4.99. The van der Waals surface area contributed by atoms with E-state index in [4.69, 9.17) is 0 Å². The summed E-state index contributed by atoms with van der Waals surface area (Å²) >= 11 is 0. The van der Waals surface area contributed by atoms with Crippen molar-refractivity contribution in [1.29, 1.82) is 0 Å². The highest BCUT2D eigenvalue weighted by atomic mass is 19.4. The lowest BCUT2D eigenvalue weighted by molar-refractivity contribution is -0.137. The Kier molecular flexibility index (Phi) is 6.38. The Bertz CT molecular complexity index is 1240. The molecule has 4 rings (SSSR count). The number of ketones is 1. The molecule has 0 unspecified atom stereocenters. The van der Waals surface area contributed by atoms with Crippen molar-refractivity contribution >= 4 is 17.4 Å². The van der Waals surface area contributed by atoms with Crippen molar-refractivity contribution in [2.24, 2.45) is 5.41 Å². The summed E-state index contributed by atoms with van der Waals surface area (Å²) in [6.07, 6.45) is -2.64. The lowest BCUT2D eigenvalue weighted by Gasteiger charge is -2.39. The summed E-state index contributed by atoms with van der Waals surface area (Å²) in [7, 11) is 0. The summed E-state index contributed by atoms with van der Waals surface area (Å²) in [5.74, 6) is -1.17. The van der Waals surface area contributed by atoms with Crippen molar-refractivity contribution in [3.8, 4) is 0 Å². The molecule has 2 aromatic carbocycles. The third-order valence-electron chi connectivity index (χ3n) is 6.65. The van der Waals surface area contributed by atoms with Crippen molar-refractivity contribution in [3.63, 3.8) is 0 Å². The van der Waals surface area contributed by atoms with E-state index in [2.05, 4.69) is 10.6 Å². The second kappa shape index (κ2) is 9.02. The number of Topliss-reactive ketones (excluding diaryl/α,β-unsaturated/α-hetero) is 1. The molecule has 1 amide bonds. The number of amides is 1. The molecule has 1 aliphatic carbocycles. The van der Waals surface area contributed by atoms with E-state index in [1.54, 1.807) is 6.92 Å². The molecule has 0 aromatic heterocycles. The number of hydrogen-bond donors (Lipinski definition) is 2. The van der Waals surface area contributed by atoms with Gasteiger partial charge in [-0.25, -0.2) is 0 Å². The molecule has 184 valence electrons. The molecule has 7 heteroatoms. The van der Waals surface area contributed by atoms with E-state index in [-0.39, 0.29) is 16.9 Å². The number of rotatable bonds is 4. The summed E-state index contributed by atoms with van der Waals surface area (Å²) in [4.78, 5) is 26.9. The standard InChI is InChI=1S/C28H29F3N2O2/c1-5-17-9-11-18(12-10-17)24-23(16(2)32-21-14-27(3,4)15-22(34)25(21)24)26(35)33-20-8-6-7-19(13-20)28(29,30)31/h6-13,24,32H,5,14-15H2,1-4H3,(H,33,35)/t24-/m0/s1. The van der Waals surface area contributed by atoms with Crippen LogP contribution in [-0.4, -0.2) is 11.7 Å². The highest BCUT2D eigenvalue weighted by Gasteiger charge is 2.42. The van der Waals surface area contributed by atoms with E-state index in [1.807, 2.05) is 45.0 Å². The van der Waals surface area contributed by atoms with Gasteiger partial charge in [0.1, 0.15) is 0 Å². The molecule has 0 spiro atoms. The molecule has 2 aromatic rings. The van der Waals surface area contributed by atoms with Gasteiger partial charge in [0.15, 0.2) is 5.78 Å². The van der Waals surface area contributed by atoms with Gasteiger partial charge in [-0.3, -0.25) is 9.59 Å². The SMILES string of the molecule is CCc1ccc([C@H]2C(C(=O)Nc3cccc(C(F)(F)F)c3)=C(C)NC3=C2C(=O)CC(C)(C)C3)cc1. The molecular formula is C28H29F3N2O2. The second-order valence-electron chi connectivity index (χ2n) is 10.1. The van der Waals surface area contributed by atoms with Gasteiger partial charge in [-0.15, -0.1) is 0 Å². The van der Waals surface area contributed by atoms with Crippen LogP contribution in [0.5, 0.6) is 0 Å². The van der Waals surface area contributed by atoms with E-state index in [0.29, 0.717) is 29.7 Å². The molecule has 4 nitrogen and oxygen atoms in total. The van der Waals surface area contributed by atoms with Crippen LogP contribution in [-0.2, 0) is 22.2 Å². The summed E-state index contributed by atoms with van der Waals surface area (Å²) < 4.78 is 39.5. The Morgan fingerprint density at radius 3 is 2.43 bits per heavy atom. The van der Waals surface area contributed by atoms with E-state index in [1.165, 1.54) is 12.1 Å². The molecule has 0 saturated heterocycles. The van der Waals surface area contributed by atoms with Crippen molar-refractivity contribution < 1.29 is 22.8 Å². The maximum Gasteiger partial charge on any atom is 0.416 e. The van der Waals surface area contributed by atoms with Crippen LogP contribution >= 0.6 is 0 Å². The predicted molar refractivity (Wildman–Crippen MR) is 130 cm³/mol. The predicted octanol–water partition coefficient (Wildman–Crippen LogP) is 6.51. The molecule has 0 bridgehead atoms. The van der Waals surface area contributed by atoms with Gasteiger partial charge in [-0.1, -0.05) is 51.1 Å². The number of alkyl halides is 3. The molecule has 1 atom stereocenters. The van der Waals surface area contributed by atoms with Crippen LogP contribution in [0.25, 0.3) is 0 Å². The lowest BCUT2D eigenvalue weighted by atomic mass is 9.68.